The first-order chi connectivity index (χ1) is 12.6. The fourth-order valence-electron chi connectivity index (χ4n) is 3.36. The molecule has 0 fully saturated rings. The zero-order valence-corrected chi connectivity index (χ0v) is 19.5. The van der Waals surface area contributed by atoms with Crippen molar-refractivity contribution in [3.8, 4) is 0 Å². The smallest absolute Gasteiger partial charge is 0.407 e. The van der Waals surface area contributed by atoms with Gasteiger partial charge in [-0.2, -0.15) is 0 Å². The number of unbranched alkanes of at least 4 members (excludes halogenated alkanes) is 1. The van der Waals surface area contributed by atoms with Crippen LogP contribution in [0.25, 0.3) is 0 Å². The average molecular weight is 396 g/mol. The highest BCUT2D eigenvalue weighted by Gasteiger charge is 2.37. The third kappa shape index (κ3) is 8.91. The molecule has 0 spiro atoms. The number of hydrogen-bond acceptors (Lipinski definition) is 3. The molecule has 0 aromatic heterocycles. The van der Waals surface area contributed by atoms with E-state index in [9.17, 15) is 15.0 Å². The summed E-state index contributed by atoms with van der Waals surface area (Å²) in [4.78, 5) is 13.3. The molecule has 1 unspecified atom stereocenters. The maximum absolute atomic E-state index is 11.8. The number of carboxylic acid groups (broad SMARTS) is 1. The zero-order chi connectivity index (χ0) is 20.4. The van der Waals surface area contributed by atoms with Gasteiger partial charge in [0.15, 0.2) is 0 Å². The van der Waals surface area contributed by atoms with Gasteiger partial charge >= 0.3 is 6.09 Å². The molecule has 27 heavy (non-hydrogen) atoms. The molecule has 0 saturated carbocycles. The highest BCUT2D eigenvalue weighted by Crippen LogP contribution is 2.25. The van der Waals surface area contributed by atoms with Crippen LogP contribution >= 0.6 is 0 Å². The maximum atomic E-state index is 11.8. The lowest BCUT2D eigenvalue weighted by Crippen LogP contribution is -2.57. The SMILES string of the molecule is CC(C)C[C@H](C(O)CCCCOCc1ccccc1)N(C(=O)O)C(C)(C)[SiH3]. The molecule has 0 heterocycles. The summed E-state index contributed by atoms with van der Waals surface area (Å²) in [5.74, 6) is 0.324. The van der Waals surface area contributed by atoms with E-state index in [2.05, 4.69) is 13.8 Å². The second kappa shape index (κ2) is 11.5. The van der Waals surface area contributed by atoms with Crippen LogP contribution in [-0.2, 0) is 11.3 Å². The van der Waals surface area contributed by atoms with Crippen molar-refractivity contribution in [3.05, 3.63) is 35.9 Å². The first kappa shape index (κ1) is 23.7. The van der Waals surface area contributed by atoms with Crippen molar-refractivity contribution >= 4 is 16.3 Å². The zero-order valence-electron chi connectivity index (χ0n) is 17.5. The van der Waals surface area contributed by atoms with Gasteiger partial charge in [0, 0.05) is 22.0 Å². The van der Waals surface area contributed by atoms with Gasteiger partial charge in [0.2, 0.25) is 0 Å². The summed E-state index contributed by atoms with van der Waals surface area (Å²) in [6.07, 6.45) is 1.35. The van der Waals surface area contributed by atoms with Crippen molar-refractivity contribution in [1.82, 2.24) is 4.90 Å². The quantitative estimate of drug-likeness (QED) is 0.421. The van der Waals surface area contributed by atoms with Crippen molar-refractivity contribution in [1.29, 1.82) is 0 Å². The minimum absolute atomic E-state index is 0.324. The fourth-order valence-corrected chi connectivity index (χ4v) is 3.88. The Balaban J connectivity index is 2.48. The molecule has 1 rings (SSSR count). The number of rotatable bonds is 12. The van der Waals surface area contributed by atoms with Crippen LogP contribution in [0.2, 0.25) is 0 Å². The monoisotopic (exact) mass is 395 g/mol. The van der Waals surface area contributed by atoms with Crippen LogP contribution in [0.4, 0.5) is 4.79 Å². The minimum Gasteiger partial charge on any atom is -0.465 e. The van der Waals surface area contributed by atoms with E-state index in [4.69, 9.17) is 4.74 Å². The number of benzene rings is 1. The van der Waals surface area contributed by atoms with E-state index in [1.165, 1.54) is 4.90 Å². The molecule has 1 amide bonds. The average Bonchev–Trinajstić information content (AvgIpc) is 2.56. The van der Waals surface area contributed by atoms with Crippen LogP contribution < -0.4 is 0 Å². The summed E-state index contributed by atoms with van der Waals surface area (Å²) >= 11 is 0. The molecule has 2 atom stereocenters. The molecule has 0 bridgehead atoms. The van der Waals surface area contributed by atoms with Crippen LogP contribution in [0.15, 0.2) is 30.3 Å². The Hall–Kier alpha value is -1.37. The lowest BCUT2D eigenvalue weighted by atomic mass is 9.93. The van der Waals surface area contributed by atoms with Gasteiger partial charge in [0.1, 0.15) is 0 Å². The molecule has 0 aliphatic carbocycles. The van der Waals surface area contributed by atoms with Crippen LogP contribution in [-0.4, -0.2) is 55.4 Å². The molecule has 1 aromatic carbocycles. The van der Waals surface area contributed by atoms with E-state index < -0.39 is 17.4 Å². The summed E-state index contributed by atoms with van der Waals surface area (Å²) in [5.41, 5.74) is 1.15. The Morgan fingerprint density at radius 3 is 2.37 bits per heavy atom. The lowest BCUT2D eigenvalue weighted by Gasteiger charge is -2.42. The van der Waals surface area contributed by atoms with Crippen molar-refractivity contribution < 1.29 is 19.7 Å². The summed E-state index contributed by atoms with van der Waals surface area (Å²) < 4.78 is 5.69. The maximum Gasteiger partial charge on any atom is 0.407 e. The minimum atomic E-state index is -0.939. The summed E-state index contributed by atoms with van der Waals surface area (Å²) in [6.45, 7) is 9.25. The lowest BCUT2D eigenvalue weighted by molar-refractivity contribution is 0.00961. The number of ether oxygens (including phenoxy) is 1. The number of carbonyl (C=O) groups is 1. The second-order valence-electron chi connectivity index (χ2n) is 8.62. The summed E-state index contributed by atoms with van der Waals surface area (Å²) in [7, 11) is 0.711. The number of aliphatic hydroxyl groups excluding tert-OH is 1. The van der Waals surface area contributed by atoms with Crippen LogP contribution in [0.5, 0.6) is 0 Å². The van der Waals surface area contributed by atoms with E-state index in [0.717, 1.165) is 18.4 Å². The van der Waals surface area contributed by atoms with Gasteiger partial charge < -0.3 is 19.8 Å². The largest absolute Gasteiger partial charge is 0.465 e. The molecule has 6 heteroatoms. The first-order valence-corrected chi connectivity index (χ1v) is 10.9. The Kier molecular flexibility index (Phi) is 10.0. The second-order valence-corrected chi connectivity index (χ2v) is 11.1. The number of hydrogen-bond donors (Lipinski definition) is 2. The van der Waals surface area contributed by atoms with Gasteiger partial charge in [-0.1, -0.05) is 44.2 Å². The molecular formula is C21H37NO4Si. The number of amides is 1. The predicted molar refractivity (Wildman–Crippen MR) is 113 cm³/mol. The van der Waals surface area contributed by atoms with Gasteiger partial charge in [0.25, 0.3) is 0 Å². The molecular weight excluding hydrogens is 358 g/mol. The van der Waals surface area contributed by atoms with E-state index in [1.807, 2.05) is 44.2 Å². The van der Waals surface area contributed by atoms with Gasteiger partial charge in [-0.25, -0.2) is 4.79 Å². The van der Waals surface area contributed by atoms with Crippen LogP contribution in [0.1, 0.15) is 58.9 Å². The number of aliphatic hydroxyl groups is 1. The molecule has 0 aliphatic heterocycles. The predicted octanol–water partition coefficient (Wildman–Crippen LogP) is 3.23. The van der Waals surface area contributed by atoms with E-state index in [0.29, 0.717) is 42.2 Å². The van der Waals surface area contributed by atoms with Crippen LogP contribution in [0.3, 0.4) is 0 Å². The van der Waals surface area contributed by atoms with Crippen LogP contribution in [0, 0.1) is 5.92 Å². The fraction of sp³-hybridized carbons (Fsp3) is 0.667. The van der Waals surface area contributed by atoms with E-state index in [1.54, 1.807) is 0 Å². The topological polar surface area (TPSA) is 70.0 Å². The molecule has 5 nitrogen and oxygen atoms in total. The van der Waals surface area contributed by atoms with E-state index in [-0.39, 0.29) is 6.04 Å². The van der Waals surface area contributed by atoms with Gasteiger partial charge in [0.05, 0.1) is 18.8 Å². The first-order valence-electron chi connectivity index (χ1n) is 9.95. The van der Waals surface area contributed by atoms with Crippen molar-refractivity contribution in [2.24, 2.45) is 5.92 Å². The Morgan fingerprint density at radius 1 is 1.22 bits per heavy atom. The van der Waals surface area contributed by atoms with Crippen molar-refractivity contribution in [2.45, 2.75) is 77.3 Å². The molecule has 2 N–H and O–H groups in total. The third-order valence-electron chi connectivity index (χ3n) is 4.57. The summed E-state index contributed by atoms with van der Waals surface area (Å²) in [6, 6.07) is 9.69. The van der Waals surface area contributed by atoms with E-state index >= 15 is 0 Å². The van der Waals surface area contributed by atoms with Gasteiger partial charge in [-0.05, 0) is 51.0 Å². The Bertz CT molecular complexity index is 545. The molecule has 154 valence electrons. The summed E-state index contributed by atoms with van der Waals surface area (Å²) in [5, 5.41) is 20.0. The van der Waals surface area contributed by atoms with Gasteiger partial charge in [-0.3, -0.25) is 0 Å². The van der Waals surface area contributed by atoms with Gasteiger partial charge in [-0.15, -0.1) is 0 Å². The molecule has 0 aliphatic rings. The standard InChI is InChI=1S/C21H37NO4Si/c1-16(2)14-18(22(20(24)25)21(3,4)27)19(23)12-8-9-13-26-15-17-10-6-5-7-11-17/h5-7,10-11,16,18-19,23H,8-9,12-15H2,1-4,27H3,(H,24,25)/t18-,19?/m1/s1. The van der Waals surface area contributed by atoms with Crippen molar-refractivity contribution in [3.63, 3.8) is 0 Å². The third-order valence-corrected chi connectivity index (χ3v) is 5.05. The Morgan fingerprint density at radius 2 is 1.85 bits per heavy atom. The highest BCUT2D eigenvalue weighted by molar-refractivity contribution is 6.15. The Labute approximate surface area is 167 Å². The normalized spacial score (nSPS) is 14.3. The number of nitrogens with zero attached hydrogens (tertiary/aromatic N) is 1. The highest BCUT2D eigenvalue weighted by atomic mass is 28.1. The molecule has 1 aromatic rings. The molecule has 0 saturated heterocycles. The molecule has 0 radical (unpaired) electrons. The van der Waals surface area contributed by atoms with Crippen molar-refractivity contribution in [2.75, 3.05) is 6.61 Å².